The number of carbonyl (C=O) groups is 2. The van der Waals surface area contributed by atoms with Crippen LogP contribution in [0.3, 0.4) is 0 Å². The third-order valence-corrected chi connectivity index (χ3v) is 2.46. The molecule has 0 saturated carbocycles. The van der Waals surface area contributed by atoms with Gasteiger partial charge in [-0.1, -0.05) is 6.08 Å². The second kappa shape index (κ2) is 4.33. The summed E-state index contributed by atoms with van der Waals surface area (Å²) in [5.41, 5.74) is 0.135. The van der Waals surface area contributed by atoms with Crippen molar-refractivity contribution in [1.82, 2.24) is 9.55 Å². The lowest BCUT2D eigenvalue weighted by Crippen LogP contribution is -2.22. The van der Waals surface area contributed by atoms with Gasteiger partial charge in [0.15, 0.2) is 0 Å². The fourth-order valence-corrected chi connectivity index (χ4v) is 1.68. The SMILES string of the molecule is CC=CC(=O)n1c(=O)[nH]c2cc(C(=O)O)ccc21. The lowest BCUT2D eigenvalue weighted by molar-refractivity contribution is 0.0697. The number of hydrogen-bond donors (Lipinski definition) is 2. The molecule has 0 aliphatic heterocycles. The van der Waals surface area contributed by atoms with Crippen LogP contribution in [0.4, 0.5) is 0 Å². The molecule has 1 aromatic carbocycles. The molecule has 1 aromatic heterocycles. The minimum absolute atomic E-state index is 0.0504. The van der Waals surface area contributed by atoms with Crippen LogP contribution < -0.4 is 5.69 Å². The smallest absolute Gasteiger partial charge is 0.335 e. The quantitative estimate of drug-likeness (QED) is 0.780. The van der Waals surface area contributed by atoms with E-state index in [1.54, 1.807) is 6.92 Å². The predicted octanol–water partition coefficient (Wildman–Crippen LogP) is 1.24. The molecule has 0 fully saturated rings. The Morgan fingerprint density at radius 1 is 1.39 bits per heavy atom. The second-order valence-electron chi connectivity index (χ2n) is 3.64. The van der Waals surface area contributed by atoms with Gasteiger partial charge in [-0.05, 0) is 31.2 Å². The van der Waals surface area contributed by atoms with E-state index in [0.29, 0.717) is 11.0 Å². The molecule has 1 heterocycles. The zero-order chi connectivity index (χ0) is 13.3. The van der Waals surface area contributed by atoms with Gasteiger partial charge in [-0.3, -0.25) is 4.79 Å². The van der Waals surface area contributed by atoms with E-state index < -0.39 is 17.6 Å². The van der Waals surface area contributed by atoms with Crippen LogP contribution in [0.1, 0.15) is 22.1 Å². The van der Waals surface area contributed by atoms with Crippen LogP contribution in [0.15, 0.2) is 35.1 Å². The van der Waals surface area contributed by atoms with Gasteiger partial charge in [-0.25, -0.2) is 14.2 Å². The number of aromatic nitrogens is 2. The highest BCUT2D eigenvalue weighted by Gasteiger charge is 2.13. The van der Waals surface area contributed by atoms with Gasteiger partial charge in [0.05, 0.1) is 16.6 Å². The third-order valence-electron chi connectivity index (χ3n) is 2.46. The molecule has 0 unspecified atom stereocenters. The molecule has 0 amide bonds. The topological polar surface area (TPSA) is 92.2 Å². The van der Waals surface area contributed by atoms with E-state index in [1.165, 1.54) is 30.4 Å². The summed E-state index contributed by atoms with van der Waals surface area (Å²) < 4.78 is 0.959. The van der Waals surface area contributed by atoms with Crippen LogP contribution >= 0.6 is 0 Å². The molecule has 0 aliphatic rings. The number of carboxylic acid groups (broad SMARTS) is 1. The first-order valence-corrected chi connectivity index (χ1v) is 5.19. The maximum absolute atomic E-state index is 11.7. The van der Waals surface area contributed by atoms with E-state index in [4.69, 9.17) is 5.11 Å². The molecule has 18 heavy (non-hydrogen) atoms. The number of carboxylic acids is 1. The van der Waals surface area contributed by atoms with E-state index in [-0.39, 0.29) is 5.56 Å². The second-order valence-corrected chi connectivity index (χ2v) is 3.64. The first-order valence-electron chi connectivity index (χ1n) is 5.19. The lowest BCUT2D eigenvalue weighted by Gasteiger charge is -1.98. The number of carbonyl (C=O) groups excluding carboxylic acids is 1. The molecule has 6 heteroatoms. The Balaban J connectivity index is 2.70. The number of H-pyrrole nitrogens is 1. The molecule has 0 spiro atoms. The zero-order valence-corrected chi connectivity index (χ0v) is 9.51. The molecule has 0 aliphatic carbocycles. The average Bonchev–Trinajstić information content (AvgIpc) is 2.63. The molecule has 0 radical (unpaired) electrons. The number of nitrogens with one attached hydrogen (secondary N) is 1. The van der Waals surface area contributed by atoms with Crippen molar-refractivity contribution in [1.29, 1.82) is 0 Å². The number of fused-ring (bicyclic) bond motifs is 1. The van der Waals surface area contributed by atoms with Gasteiger partial charge in [-0.15, -0.1) is 0 Å². The van der Waals surface area contributed by atoms with Gasteiger partial charge in [0.1, 0.15) is 0 Å². The van der Waals surface area contributed by atoms with Crippen LogP contribution in [0, 0.1) is 0 Å². The number of benzene rings is 1. The van der Waals surface area contributed by atoms with Crippen LogP contribution in [-0.2, 0) is 0 Å². The maximum Gasteiger partial charge on any atom is 0.335 e. The summed E-state index contributed by atoms with van der Waals surface area (Å²) in [6.07, 6.45) is 2.79. The van der Waals surface area contributed by atoms with Crippen LogP contribution in [0.5, 0.6) is 0 Å². The Labute approximate surface area is 101 Å². The number of imidazole rings is 1. The van der Waals surface area contributed by atoms with Crippen molar-refractivity contribution in [2.45, 2.75) is 6.92 Å². The van der Waals surface area contributed by atoms with Gasteiger partial charge < -0.3 is 10.1 Å². The fraction of sp³-hybridized carbons (Fsp3) is 0.0833. The Hall–Kier alpha value is -2.63. The highest BCUT2D eigenvalue weighted by atomic mass is 16.4. The lowest BCUT2D eigenvalue weighted by atomic mass is 10.2. The van der Waals surface area contributed by atoms with Crippen molar-refractivity contribution in [2.24, 2.45) is 0 Å². The summed E-state index contributed by atoms with van der Waals surface area (Å²) >= 11 is 0. The minimum Gasteiger partial charge on any atom is -0.478 e. The van der Waals surface area contributed by atoms with Crippen LogP contribution in [-0.4, -0.2) is 26.5 Å². The third kappa shape index (κ3) is 1.84. The van der Waals surface area contributed by atoms with Crippen LogP contribution in [0.25, 0.3) is 11.0 Å². The van der Waals surface area contributed by atoms with Gasteiger partial charge in [0.25, 0.3) is 5.91 Å². The highest BCUT2D eigenvalue weighted by molar-refractivity contribution is 5.98. The summed E-state index contributed by atoms with van der Waals surface area (Å²) in [4.78, 5) is 36.6. The Morgan fingerprint density at radius 3 is 2.72 bits per heavy atom. The van der Waals surface area contributed by atoms with E-state index in [1.807, 2.05) is 0 Å². The van der Waals surface area contributed by atoms with Crippen molar-refractivity contribution in [3.8, 4) is 0 Å². The van der Waals surface area contributed by atoms with E-state index in [2.05, 4.69) is 4.98 Å². The number of aromatic amines is 1. The van der Waals surface area contributed by atoms with Gasteiger partial charge >= 0.3 is 11.7 Å². The summed E-state index contributed by atoms with van der Waals surface area (Å²) in [6.45, 7) is 1.67. The van der Waals surface area contributed by atoms with Crippen molar-refractivity contribution >= 4 is 22.9 Å². The Morgan fingerprint density at radius 2 is 2.11 bits per heavy atom. The molecule has 0 atom stereocenters. The minimum atomic E-state index is -1.09. The molecule has 2 rings (SSSR count). The molecular weight excluding hydrogens is 236 g/mol. The number of rotatable bonds is 2. The summed E-state index contributed by atoms with van der Waals surface area (Å²) in [5.74, 6) is -1.57. The van der Waals surface area contributed by atoms with Gasteiger partial charge in [0.2, 0.25) is 0 Å². The molecule has 2 aromatic rings. The molecule has 2 N–H and O–H groups in total. The average molecular weight is 246 g/mol. The van der Waals surface area contributed by atoms with E-state index in [9.17, 15) is 14.4 Å². The first-order chi connectivity index (χ1) is 8.54. The number of allylic oxidation sites excluding steroid dienone is 2. The van der Waals surface area contributed by atoms with Crippen molar-refractivity contribution in [2.75, 3.05) is 0 Å². The normalized spacial score (nSPS) is 11.2. The number of nitrogens with zero attached hydrogens (tertiary/aromatic N) is 1. The Kier molecular flexibility index (Phi) is 2.85. The highest BCUT2D eigenvalue weighted by Crippen LogP contribution is 2.13. The summed E-state index contributed by atoms with van der Waals surface area (Å²) in [6, 6.07) is 4.09. The monoisotopic (exact) mass is 246 g/mol. The zero-order valence-electron chi connectivity index (χ0n) is 9.51. The molecule has 6 nitrogen and oxygen atoms in total. The molecular formula is C12H10N2O4. The first kappa shape index (κ1) is 11.8. The number of aromatic carboxylic acids is 1. The summed E-state index contributed by atoms with van der Waals surface area (Å²) in [7, 11) is 0. The molecule has 0 saturated heterocycles. The Bertz CT molecular complexity index is 721. The summed E-state index contributed by atoms with van der Waals surface area (Å²) in [5, 5.41) is 8.84. The number of hydrogen-bond acceptors (Lipinski definition) is 3. The van der Waals surface area contributed by atoms with Gasteiger partial charge in [-0.2, -0.15) is 0 Å². The fourth-order valence-electron chi connectivity index (χ4n) is 1.68. The molecule has 0 bridgehead atoms. The van der Waals surface area contributed by atoms with Gasteiger partial charge in [0, 0.05) is 0 Å². The van der Waals surface area contributed by atoms with E-state index in [0.717, 1.165) is 4.57 Å². The van der Waals surface area contributed by atoms with Crippen molar-refractivity contribution in [3.05, 3.63) is 46.4 Å². The maximum atomic E-state index is 11.7. The van der Waals surface area contributed by atoms with Crippen LogP contribution in [0.2, 0.25) is 0 Å². The molecule has 92 valence electrons. The van der Waals surface area contributed by atoms with Crippen molar-refractivity contribution < 1.29 is 14.7 Å². The van der Waals surface area contributed by atoms with E-state index >= 15 is 0 Å². The predicted molar refractivity (Wildman–Crippen MR) is 65.0 cm³/mol. The largest absolute Gasteiger partial charge is 0.478 e. The standard InChI is InChI=1S/C12H10N2O4/c1-2-3-10(15)14-9-5-4-7(11(16)17)6-8(9)13-12(14)18/h2-6H,1H3,(H,13,18)(H,16,17). The van der Waals surface area contributed by atoms with Crippen molar-refractivity contribution in [3.63, 3.8) is 0 Å².